The smallest absolute Gasteiger partial charge is 0.164 e. The minimum Gasteiger partial charge on any atom is -0.453 e. The predicted octanol–water partition coefficient (Wildman–Crippen LogP) is 15.6. The van der Waals surface area contributed by atoms with Crippen LogP contribution in [-0.2, 0) is 0 Å². The van der Waals surface area contributed by atoms with Crippen LogP contribution in [0.1, 0.15) is 0 Å². The van der Waals surface area contributed by atoms with Gasteiger partial charge in [0, 0.05) is 64.0 Å². The zero-order valence-corrected chi connectivity index (χ0v) is 34.6. The molecule has 4 aromatic heterocycles. The van der Waals surface area contributed by atoms with Gasteiger partial charge in [0.1, 0.15) is 5.58 Å². The van der Waals surface area contributed by atoms with Crippen molar-refractivity contribution in [2.45, 2.75) is 0 Å². The molecule has 4 heterocycles. The van der Waals surface area contributed by atoms with Crippen molar-refractivity contribution >= 4 is 75.3 Å². The van der Waals surface area contributed by atoms with E-state index in [9.17, 15) is 0 Å². The lowest BCUT2D eigenvalue weighted by Crippen LogP contribution is -2.00. The fourth-order valence-electron chi connectivity index (χ4n) is 9.37. The lowest BCUT2D eigenvalue weighted by Gasteiger charge is -2.11. The summed E-state index contributed by atoms with van der Waals surface area (Å²) in [6.07, 6.45) is 0. The standard InChI is InChI=1S/C57H34N4OS/c1-3-15-35(16-4-1)55-58-56(36-17-5-2-6-18-36)60-57(59-55)39-20-13-19-37(33-39)40-31-32-41(38-29-30-45-44-23-9-12-28-50(44)63-51(45)34-38)54-52(40)46-24-14-27-49(53(46)62-54)61-47-25-10-7-21-42(47)43-22-8-11-26-48(43)61/h1-34H. The predicted molar refractivity (Wildman–Crippen MR) is 262 cm³/mol. The van der Waals surface area contributed by atoms with E-state index in [2.05, 4.69) is 150 Å². The number of rotatable bonds is 6. The largest absolute Gasteiger partial charge is 0.453 e. The van der Waals surface area contributed by atoms with Crippen LogP contribution in [-0.4, -0.2) is 19.5 Å². The maximum Gasteiger partial charge on any atom is 0.164 e. The number of thiophene rings is 1. The van der Waals surface area contributed by atoms with Crippen molar-refractivity contribution in [3.05, 3.63) is 206 Å². The number of benzene rings is 9. The van der Waals surface area contributed by atoms with Crippen molar-refractivity contribution < 1.29 is 4.42 Å². The molecule has 0 aliphatic rings. The summed E-state index contributed by atoms with van der Waals surface area (Å²) in [7, 11) is 0. The quantitative estimate of drug-likeness (QED) is 0.168. The van der Waals surface area contributed by atoms with Gasteiger partial charge in [0.2, 0.25) is 0 Å². The first kappa shape index (κ1) is 35.6. The second-order valence-electron chi connectivity index (χ2n) is 15.9. The Balaban J connectivity index is 1.05. The minimum absolute atomic E-state index is 0.611. The summed E-state index contributed by atoms with van der Waals surface area (Å²) in [5.74, 6) is 1.87. The Bertz CT molecular complexity index is 3810. The number of aromatic nitrogens is 4. The Morgan fingerprint density at radius 1 is 0.349 bits per heavy atom. The molecule has 0 bridgehead atoms. The highest BCUT2D eigenvalue weighted by molar-refractivity contribution is 7.25. The zero-order valence-electron chi connectivity index (χ0n) is 33.7. The summed E-state index contributed by atoms with van der Waals surface area (Å²) >= 11 is 1.83. The van der Waals surface area contributed by atoms with Gasteiger partial charge in [-0.2, -0.15) is 0 Å². The molecule has 0 fully saturated rings. The van der Waals surface area contributed by atoms with Crippen LogP contribution < -0.4 is 0 Å². The molecule has 0 N–H and O–H groups in total. The van der Waals surface area contributed by atoms with Gasteiger partial charge in [-0.3, -0.25) is 0 Å². The van der Waals surface area contributed by atoms with Crippen molar-refractivity contribution in [3.8, 4) is 62.1 Å². The van der Waals surface area contributed by atoms with Crippen LogP contribution in [0.4, 0.5) is 0 Å². The van der Waals surface area contributed by atoms with E-state index in [-0.39, 0.29) is 0 Å². The highest BCUT2D eigenvalue weighted by Gasteiger charge is 2.23. The summed E-state index contributed by atoms with van der Waals surface area (Å²) in [5.41, 5.74) is 12.0. The number of nitrogens with zero attached hydrogens (tertiary/aromatic N) is 4. The molecule has 0 atom stereocenters. The molecule has 294 valence electrons. The lowest BCUT2D eigenvalue weighted by atomic mass is 9.93. The van der Waals surface area contributed by atoms with Crippen molar-refractivity contribution in [1.82, 2.24) is 19.5 Å². The van der Waals surface area contributed by atoms with Crippen molar-refractivity contribution in [3.63, 3.8) is 0 Å². The van der Waals surface area contributed by atoms with Gasteiger partial charge in [0.05, 0.1) is 16.7 Å². The average Bonchev–Trinajstić information content (AvgIpc) is 4.04. The molecule has 0 aliphatic carbocycles. The highest BCUT2D eigenvalue weighted by atomic mass is 32.1. The van der Waals surface area contributed by atoms with Crippen LogP contribution in [0.5, 0.6) is 0 Å². The van der Waals surface area contributed by atoms with Crippen molar-refractivity contribution in [2.75, 3.05) is 0 Å². The van der Waals surface area contributed by atoms with Gasteiger partial charge in [-0.15, -0.1) is 11.3 Å². The molecule has 0 radical (unpaired) electrons. The number of para-hydroxylation sites is 3. The monoisotopic (exact) mass is 822 g/mol. The van der Waals surface area contributed by atoms with E-state index in [0.717, 1.165) is 77.6 Å². The highest BCUT2D eigenvalue weighted by Crippen LogP contribution is 2.46. The van der Waals surface area contributed by atoms with Gasteiger partial charge in [-0.05, 0) is 59.2 Å². The van der Waals surface area contributed by atoms with Crippen LogP contribution in [0, 0.1) is 0 Å². The summed E-state index contributed by atoms with van der Waals surface area (Å²) in [4.78, 5) is 15.1. The first-order valence-electron chi connectivity index (χ1n) is 21.1. The topological polar surface area (TPSA) is 56.7 Å². The maximum absolute atomic E-state index is 7.32. The van der Waals surface area contributed by atoms with Gasteiger partial charge in [-0.25, -0.2) is 15.0 Å². The maximum atomic E-state index is 7.32. The van der Waals surface area contributed by atoms with Crippen LogP contribution in [0.3, 0.4) is 0 Å². The Morgan fingerprint density at radius 3 is 1.59 bits per heavy atom. The SMILES string of the molecule is c1ccc(-c2nc(-c3ccccc3)nc(-c3cccc(-c4ccc(-c5ccc6c(c5)sc5ccccc56)c5oc6c(-n7c8ccccc8c8ccccc87)cccc6c45)c3)n2)cc1. The zero-order chi connectivity index (χ0) is 41.4. The fourth-order valence-corrected chi connectivity index (χ4v) is 10.5. The van der Waals surface area contributed by atoms with E-state index in [4.69, 9.17) is 19.4 Å². The first-order valence-corrected chi connectivity index (χ1v) is 21.9. The molecule has 0 spiro atoms. The average molecular weight is 823 g/mol. The second-order valence-corrected chi connectivity index (χ2v) is 17.0. The number of fused-ring (bicyclic) bond motifs is 9. The Labute approximate surface area is 365 Å². The Kier molecular flexibility index (Phi) is 8.01. The second kappa shape index (κ2) is 14.2. The minimum atomic E-state index is 0.611. The van der Waals surface area contributed by atoms with Crippen molar-refractivity contribution in [2.24, 2.45) is 0 Å². The third-order valence-corrected chi connectivity index (χ3v) is 13.4. The van der Waals surface area contributed by atoms with E-state index in [0.29, 0.717) is 17.5 Å². The van der Waals surface area contributed by atoms with Crippen molar-refractivity contribution in [1.29, 1.82) is 0 Å². The van der Waals surface area contributed by atoms with E-state index in [1.54, 1.807) is 0 Å². The van der Waals surface area contributed by atoms with Gasteiger partial charge < -0.3 is 8.98 Å². The molecule has 6 heteroatoms. The molecule has 63 heavy (non-hydrogen) atoms. The summed E-state index contributed by atoms with van der Waals surface area (Å²) in [6, 6.07) is 72.6. The van der Waals surface area contributed by atoms with Gasteiger partial charge >= 0.3 is 0 Å². The van der Waals surface area contributed by atoms with Gasteiger partial charge in [-0.1, -0.05) is 164 Å². The summed E-state index contributed by atoms with van der Waals surface area (Å²) in [5, 5.41) is 7.08. The Hall–Kier alpha value is -8.19. The van der Waals surface area contributed by atoms with Crippen LogP contribution >= 0.6 is 11.3 Å². The van der Waals surface area contributed by atoms with E-state index in [1.165, 1.54) is 30.9 Å². The molecule has 0 unspecified atom stereocenters. The third-order valence-electron chi connectivity index (χ3n) is 12.3. The molecule has 13 aromatic rings. The number of furan rings is 1. The Morgan fingerprint density at radius 2 is 0.873 bits per heavy atom. The lowest BCUT2D eigenvalue weighted by molar-refractivity contribution is 0.667. The van der Waals surface area contributed by atoms with E-state index in [1.807, 2.05) is 72.0 Å². The molecule has 0 amide bonds. The first-order chi connectivity index (χ1) is 31.2. The van der Waals surface area contributed by atoms with E-state index >= 15 is 0 Å². The molecule has 0 saturated carbocycles. The van der Waals surface area contributed by atoms with Crippen LogP contribution in [0.2, 0.25) is 0 Å². The normalized spacial score (nSPS) is 11.8. The summed E-state index contributed by atoms with van der Waals surface area (Å²) < 4.78 is 12.2. The van der Waals surface area contributed by atoms with Crippen LogP contribution in [0.15, 0.2) is 211 Å². The fraction of sp³-hybridized carbons (Fsp3) is 0. The molecule has 0 aliphatic heterocycles. The molecule has 0 saturated heterocycles. The number of hydrogen-bond acceptors (Lipinski definition) is 5. The van der Waals surface area contributed by atoms with Gasteiger partial charge in [0.15, 0.2) is 23.1 Å². The third kappa shape index (κ3) is 5.73. The molecule has 5 nitrogen and oxygen atoms in total. The van der Waals surface area contributed by atoms with E-state index < -0.39 is 0 Å². The number of hydrogen-bond donors (Lipinski definition) is 0. The molecular weight excluding hydrogens is 789 g/mol. The van der Waals surface area contributed by atoms with Gasteiger partial charge in [0.25, 0.3) is 0 Å². The van der Waals surface area contributed by atoms with Crippen LogP contribution in [0.25, 0.3) is 126 Å². The molecule has 9 aromatic carbocycles. The molecular formula is C57H34N4OS. The summed E-state index contributed by atoms with van der Waals surface area (Å²) in [6.45, 7) is 0. The molecule has 13 rings (SSSR count).